The number of piperidine rings is 1. The molecule has 1 amide bonds. The molecule has 29 heavy (non-hydrogen) atoms. The summed E-state index contributed by atoms with van der Waals surface area (Å²) in [6.07, 6.45) is 4.39. The van der Waals surface area contributed by atoms with Crippen LogP contribution in [-0.4, -0.2) is 48.8 Å². The van der Waals surface area contributed by atoms with Crippen LogP contribution in [0, 0.1) is 17.7 Å². The molecule has 1 saturated heterocycles. The van der Waals surface area contributed by atoms with Crippen molar-refractivity contribution in [2.45, 2.75) is 44.6 Å². The third-order valence-corrected chi connectivity index (χ3v) is 8.34. The maximum absolute atomic E-state index is 13.2. The van der Waals surface area contributed by atoms with E-state index in [1.807, 2.05) is 0 Å². The number of nitrogens with zero attached hydrogens (tertiary/aromatic N) is 1. The number of carbonyl (C=O) groups excluding carboxylic acids is 1. The van der Waals surface area contributed by atoms with Crippen molar-refractivity contribution in [2.24, 2.45) is 11.8 Å². The number of ether oxygens (including phenoxy) is 1. The van der Waals surface area contributed by atoms with Crippen LogP contribution in [0.4, 0.5) is 4.39 Å². The average Bonchev–Trinajstić information content (AvgIpc) is 3.23. The maximum Gasteiger partial charge on any atom is 0.247 e. The Bertz CT molecular complexity index is 824. The van der Waals surface area contributed by atoms with Crippen LogP contribution in [0.25, 0.3) is 0 Å². The Kier molecular flexibility index (Phi) is 7.53. The highest BCUT2D eigenvalue weighted by Gasteiger charge is 2.38. The lowest BCUT2D eigenvalue weighted by Crippen LogP contribution is -2.46. The van der Waals surface area contributed by atoms with Crippen molar-refractivity contribution in [3.63, 3.8) is 0 Å². The maximum atomic E-state index is 13.2. The molecule has 162 valence electrons. The van der Waals surface area contributed by atoms with Crippen LogP contribution >= 0.6 is 15.9 Å². The Morgan fingerprint density at radius 2 is 1.93 bits per heavy atom. The number of nitrogens with one attached hydrogen (secondary N) is 1. The molecule has 1 heterocycles. The van der Waals surface area contributed by atoms with E-state index < -0.39 is 21.8 Å². The molecule has 0 radical (unpaired) electrons. The number of benzene rings is 1. The minimum atomic E-state index is -3.64. The van der Waals surface area contributed by atoms with E-state index in [-0.39, 0.29) is 23.6 Å². The molecule has 2 aliphatic rings. The number of hydroxylamine groups is 1. The molecular formula is C19H26BrFN2O5S. The van der Waals surface area contributed by atoms with Crippen molar-refractivity contribution >= 4 is 31.9 Å². The lowest BCUT2D eigenvalue weighted by atomic mass is 9.92. The lowest BCUT2D eigenvalue weighted by molar-refractivity contribution is -0.134. The fourth-order valence-corrected chi connectivity index (χ4v) is 6.48. The van der Waals surface area contributed by atoms with Gasteiger partial charge in [0.25, 0.3) is 0 Å². The number of hydrogen-bond donors (Lipinski definition) is 2. The van der Waals surface area contributed by atoms with Gasteiger partial charge in [0.2, 0.25) is 15.9 Å². The molecule has 10 heteroatoms. The van der Waals surface area contributed by atoms with E-state index in [1.165, 1.54) is 16.4 Å². The van der Waals surface area contributed by atoms with Crippen molar-refractivity contribution in [3.05, 3.63) is 28.5 Å². The van der Waals surface area contributed by atoms with Crippen molar-refractivity contribution in [1.82, 2.24) is 9.79 Å². The van der Waals surface area contributed by atoms with Gasteiger partial charge in [-0.15, -0.1) is 0 Å². The summed E-state index contributed by atoms with van der Waals surface area (Å²) in [6.45, 7) is 0.591. The highest BCUT2D eigenvalue weighted by molar-refractivity contribution is 9.10. The number of rotatable bonds is 7. The first-order valence-corrected chi connectivity index (χ1v) is 12.2. The Morgan fingerprint density at radius 1 is 1.28 bits per heavy atom. The van der Waals surface area contributed by atoms with E-state index in [9.17, 15) is 17.6 Å². The van der Waals surface area contributed by atoms with Crippen LogP contribution in [0.15, 0.2) is 22.7 Å². The van der Waals surface area contributed by atoms with E-state index >= 15 is 0 Å². The van der Waals surface area contributed by atoms with Crippen LogP contribution < -0.4 is 10.2 Å². The summed E-state index contributed by atoms with van der Waals surface area (Å²) < 4.78 is 46.8. The first-order chi connectivity index (χ1) is 13.8. The van der Waals surface area contributed by atoms with Crippen LogP contribution in [0.3, 0.4) is 0 Å². The number of sulfonamides is 1. The van der Waals surface area contributed by atoms with E-state index in [0.29, 0.717) is 36.2 Å². The van der Waals surface area contributed by atoms with E-state index in [0.717, 1.165) is 25.7 Å². The standard InChI is InChI=1S/C19H26BrFN2O5S/c20-17-11-14(21)5-6-18(17)28-15-7-9-23(10-8-15)29(26,27)12-16(19(24)22-25)13-3-1-2-4-13/h5-6,11,13,15-16,25H,1-4,7-10,12H2,(H,22,24)/t16-/m1/s1. The van der Waals surface area contributed by atoms with Gasteiger partial charge in [-0.2, -0.15) is 0 Å². The Morgan fingerprint density at radius 3 is 2.52 bits per heavy atom. The second-order valence-electron chi connectivity index (χ2n) is 7.70. The molecule has 1 aliphatic heterocycles. The average molecular weight is 493 g/mol. The van der Waals surface area contributed by atoms with E-state index in [4.69, 9.17) is 9.94 Å². The van der Waals surface area contributed by atoms with Gasteiger partial charge in [0.15, 0.2) is 0 Å². The zero-order valence-corrected chi connectivity index (χ0v) is 18.4. The minimum Gasteiger partial charge on any atom is -0.489 e. The molecule has 1 aromatic carbocycles. The summed E-state index contributed by atoms with van der Waals surface area (Å²) in [4.78, 5) is 12.1. The van der Waals surface area contributed by atoms with Gasteiger partial charge in [0.1, 0.15) is 17.7 Å². The summed E-state index contributed by atoms with van der Waals surface area (Å²) in [5, 5.41) is 9.04. The monoisotopic (exact) mass is 492 g/mol. The summed E-state index contributed by atoms with van der Waals surface area (Å²) in [6, 6.07) is 4.18. The number of carbonyl (C=O) groups is 1. The van der Waals surface area contributed by atoms with Gasteiger partial charge in [-0.05, 0) is 65.7 Å². The van der Waals surface area contributed by atoms with Crippen molar-refractivity contribution < 1.29 is 27.5 Å². The van der Waals surface area contributed by atoms with Gasteiger partial charge in [0, 0.05) is 13.1 Å². The number of halogens is 2. The van der Waals surface area contributed by atoms with Crippen molar-refractivity contribution in [1.29, 1.82) is 0 Å². The topological polar surface area (TPSA) is 95.9 Å². The zero-order chi connectivity index (χ0) is 21.0. The molecule has 1 saturated carbocycles. The summed E-state index contributed by atoms with van der Waals surface area (Å²) in [5.41, 5.74) is 1.64. The van der Waals surface area contributed by atoms with Gasteiger partial charge in [-0.1, -0.05) is 12.8 Å². The van der Waals surface area contributed by atoms with Gasteiger partial charge >= 0.3 is 0 Å². The molecule has 1 aromatic rings. The zero-order valence-electron chi connectivity index (χ0n) is 16.0. The molecule has 0 unspecified atom stereocenters. The highest BCUT2D eigenvalue weighted by Crippen LogP contribution is 2.33. The Hall–Kier alpha value is -1.23. The molecule has 2 N–H and O–H groups in total. The first-order valence-electron chi connectivity index (χ1n) is 9.83. The van der Waals surface area contributed by atoms with Gasteiger partial charge in [-0.25, -0.2) is 22.6 Å². The van der Waals surface area contributed by atoms with Gasteiger partial charge < -0.3 is 4.74 Å². The smallest absolute Gasteiger partial charge is 0.247 e. The minimum absolute atomic E-state index is 0.0198. The van der Waals surface area contributed by atoms with E-state index in [1.54, 1.807) is 11.5 Å². The summed E-state index contributed by atoms with van der Waals surface area (Å²) in [5.74, 6) is -1.52. The SMILES string of the molecule is O=C(NO)[C@H](CS(=O)(=O)N1CCC(Oc2ccc(F)cc2Br)CC1)C1CCCC1. The lowest BCUT2D eigenvalue weighted by Gasteiger charge is -2.33. The molecule has 1 atom stereocenters. The normalized spacial score (nSPS) is 20.5. The predicted molar refractivity (Wildman–Crippen MR) is 108 cm³/mol. The van der Waals surface area contributed by atoms with Crippen LogP contribution in [0.5, 0.6) is 5.75 Å². The van der Waals surface area contributed by atoms with Crippen LogP contribution in [0.2, 0.25) is 0 Å². The fourth-order valence-electron chi connectivity index (χ4n) is 4.18. The molecular weight excluding hydrogens is 467 g/mol. The Balaban J connectivity index is 1.59. The van der Waals surface area contributed by atoms with E-state index in [2.05, 4.69) is 15.9 Å². The molecule has 0 spiro atoms. The molecule has 0 aromatic heterocycles. The van der Waals surface area contributed by atoms with Crippen molar-refractivity contribution in [3.8, 4) is 5.75 Å². The summed E-state index contributed by atoms with van der Waals surface area (Å²) in [7, 11) is -3.64. The molecule has 3 rings (SSSR count). The second kappa shape index (κ2) is 9.72. The molecule has 0 bridgehead atoms. The van der Waals surface area contributed by atoms with Crippen molar-refractivity contribution in [2.75, 3.05) is 18.8 Å². The summed E-state index contributed by atoms with van der Waals surface area (Å²) >= 11 is 3.27. The second-order valence-corrected chi connectivity index (χ2v) is 10.6. The Labute approximate surface area is 178 Å². The largest absolute Gasteiger partial charge is 0.489 e. The third-order valence-electron chi connectivity index (χ3n) is 5.79. The molecule has 1 aliphatic carbocycles. The fraction of sp³-hybridized carbons (Fsp3) is 0.632. The number of hydrogen-bond acceptors (Lipinski definition) is 5. The quantitative estimate of drug-likeness (QED) is 0.450. The third kappa shape index (κ3) is 5.68. The first kappa shape index (κ1) is 22.5. The predicted octanol–water partition coefficient (Wildman–Crippen LogP) is 3.07. The highest BCUT2D eigenvalue weighted by atomic mass is 79.9. The molecule has 2 fully saturated rings. The molecule has 7 nitrogen and oxygen atoms in total. The van der Waals surface area contributed by atoms with Crippen LogP contribution in [0.1, 0.15) is 38.5 Å². The number of amides is 1. The van der Waals surface area contributed by atoms with Crippen LogP contribution in [-0.2, 0) is 14.8 Å². The van der Waals surface area contributed by atoms with Gasteiger partial charge in [-0.3, -0.25) is 10.0 Å². The van der Waals surface area contributed by atoms with Gasteiger partial charge in [0.05, 0.1) is 16.1 Å².